The highest BCUT2D eigenvalue weighted by molar-refractivity contribution is 5.75. The fraction of sp³-hybridized carbons (Fsp3) is 0.526. The molecule has 1 aromatic heterocycles. The van der Waals surface area contributed by atoms with Gasteiger partial charge in [0.25, 0.3) is 0 Å². The van der Waals surface area contributed by atoms with Crippen LogP contribution in [0, 0.1) is 6.92 Å². The summed E-state index contributed by atoms with van der Waals surface area (Å²) in [6, 6.07) is 8.02. The molecule has 0 saturated heterocycles. The van der Waals surface area contributed by atoms with Crippen molar-refractivity contribution in [1.82, 2.24) is 15.5 Å². The van der Waals surface area contributed by atoms with Crippen LogP contribution in [-0.2, 0) is 33.8 Å². The summed E-state index contributed by atoms with van der Waals surface area (Å²) in [5.41, 5.74) is 2.14. The minimum atomic E-state index is 0.0135. The third-order valence-corrected chi connectivity index (χ3v) is 3.69. The number of rotatable bonds is 12. The first-order chi connectivity index (χ1) is 12.7. The Morgan fingerprint density at radius 2 is 2.04 bits per heavy atom. The Kier molecular flexibility index (Phi) is 8.78. The minimum absolute atomic E-state index is 0.0135. The van der Waals surface area contributed by atoms with Crippen LogP contribution in [0.4, 0.5) is 0 Å². The van der Waals surface area contributed by atoms with Gasteiger partial charge in [0, 0.05) is 26.0 Å². The molecule has 1 amide bonds. The lowest BCUT2D eigenvalue weighted by atomic mass is 10.1. The van der Waals surface area contributed by atoms with Crippen LogP contribution in [0.5, 0.6) is 0 Å². The molecule has 26 heavy (non-hydrogen) atoms. The smallest absolute Gasteiger partial charge is 0.226 e. The fourth-order valence-corrected chi connectivity index (χ4v) is 2.41. The van der Waals surface area contributed by atoms with E-state index < -0.39 is 0 Å². The van der Waals surface area contributed by atoms with E-state index in [9.17, 15) is 4.79 Å². The first-order valence-electron chi connectivity index (χ1n) is 8.96. The Morgan fingerprint density at radius 3 is 2.81 bits per heavy atom. The fourth-order valence-electron chi connectivity index (χ4n) is 2.41. The van der Waals surface area contributed by atoms with Gasteiger partial charge < -0.3 is 19.3 Å². The van der Waals surface area contributed by atoms with Gasteiger partial charge in [0.1, 0.15) is 0 Å². The lowest BCUT2D eigenvalue weighted by Crippen LogP contribution is -2.22. The number of carbonyl (C=O) groups is 1. The highest BCUT2D eigenvalue weighted by atomic mass is 16.5. The minimum Gasteiger partial charge on any atom is -0.379 e. The van der Waals surface area contributed by atoms with E-state index in [1.807, 2.05) is 31.2 Å². The third kappa shape index (κ3) is 7.76. The number of carbonyl (C=O) groups excluding carboxylic acids is 1. The number of nitrogens with zero attached hydrogens (tertiary/aromatic N) is 2. The Morgan fingerprint density at radius 1 is 1.23 bits per heavy atom. The van der Waals surface area contributed by atoms with Crippen molar-refractivity contribution in [3.05, 3.63) is 47.1 Å². The number of aromatic nitrogens is 2. The molecule has 2 rings (SSSR count). The van der Waals surface area contributed by atoms with Gasteiger partial charge in [0.05, 0.1) is 19.8 Å². The summed E-state index contributed by atoms with van der Waals surface area (Å²) in [7, 11) is 0. The molecule has 0 unspecified atom stereocenters. The zero-order valence-electron chi connectivity index (χ0n) is 15.5. The van der Waals surface area contributed by atoms with Crippen molar-refractivity contribution in [3.63, 3.8) is 0 Å². The molecule has 0 radical (unpaired) electrons. The number of nitrogens with one attached hydrogen (secondary N) is 1. The van der Waals surface area contributed by atoms with Gasteiger partial charge in [-0.1, -0.05) is 29.4 Å². The molecule has 0 bridgehead atoms. The molecule has 142 valence electrons. The molecule has 1 heterocycles. The van der Waals surface area contributed by atoms with Gasteiger partial charge in [-0.2, -0.15) is 4.98 Å². The number of aryl methyl sites for hydroxylation is 2. The van der Waals surface area contributed by atoms with Crippen molar-refractivity contribution >= 4 is 5.91 Å². The maximum atomic E-state index is 12.0. The summed E-state index contributed by atoms with van der Waals surface area (Å²) in [4.78, 5) is 16.1. The standard InChI is InChI=1S/C19H27N3O4/c1-3-24-10-11-25-14-17-7-4-6-16(12-17)13-20-18(23)8-5-9-19-21-15(2)22-26-19/h4,6-7,12H,3,5,8-11,13-14H2,1-2H3,(H,20,23). The van der Waals surface area contributed by atoms with Crippen LogP contribution in [0.1, 0.15) is 42.6 Å². The summed E-state index contributed by atoms with van der Waals surface area (Å²) in [6.45, 7) is 6.67. The van der Waals surface area contributed by atoms with E-state index in [0.29, 0.717) is 63.9 Å². The van der Waals surface area contributed by atoms with Crippen molar-refractivity contribution < 1.29 is 18.8 Å². The predicted molar refractivity (Wildman–Crippen MR) is 96.4 cm³/mol. The molecule has 0 aliphatic heterocycles. The average Bonchev–Trinajstić information content (AvgIpc) is 3.05. The van der Waals surface area contributed by atoms with Crippen LogP contribution in [0.2, 0.25) is 0 Å². The first kappa shape index (κ1) is 20.1. The summed E-state index contributed by atoms with van der Waals surface area (Å²) in [6.07, 6.45) is 1.73. The van der Waals surface area contributed by atoms with Crippen molar-refractivity contribution in [2.45, 2.75) is 46.3 Å². The SMILES string of the molecule is CCOCCOCc1cccc(CNC(=O)CCCc2nc(C)no2)c1. The van der Waals surface area contributed by atoms with Gasteiger partial charge >= 0.3 is 0 Å². The molecule has 7 nitrogen and oxygen atoms in total. The van der Waals surface area contributed by atoms with Crippen LogP contribution in [0.15, 0.2) is 28.8 Å². The summed E-state index contributed by atoms with van der Waals surface area (Å²) >= 11 is 0. The quantitative estimate of drug-likeness (QED) is 0.585. The van der Waals surface area contributed by atoms with Gasteiger partial charge in [0.2, 0.25) is 11.8 Å². The van der Waals surface area contributed by atoms with Gasteiger partial charge in [-0.3, -0.25) is 4.79 Å². The van der Waals surface area contributed by atoms with E-state index in [1.54, 1.807) is 6.92 Å². The molecular weight excluding hydrogens is 334 g/mol. The van der Waals surface area contributed by atoms with Crippen molar-refractivity contribution in [2.24, 2.45) is 0 Å². The monoisotopic (exact) mass is 361 g/mol. The van der Waals surface area contributed by atoms with E-state index >= 15 is 0 Å². The molecule has 2 aromatic rings. The molecule has 0 aliphatic rings. The Hall–Kier alpha value is -2.25. The van der Waals surface area contributed by atoms with Gasteiger partial charge in [-0.15, -0.1) is 0 Å². The molecule has 0 saturated carbocycles. The molecule has 1 N–H and O–H groups in total. The third-order valence-electron chi connectivity index (χ3n) is 3.69. The van der Waals surface area contributed by atoms with Crippen LogP contribution >= 0.6 is 0 Å². The summed E-state index contributed by atoms with van der Waals surface area (Å²) < 4.78 is 15.8. The molecule has 0 spiro atoms. The number of hydrogen-bond donors (Lipinski definition) is 1. The normalized spacial score (nSPS) is 10.8. The second-order valence-corrected chi connectivity index (χ2v) is 5.94. The van der Waals surface area contributed by atoms with Crippen LogP contribution in [0.3, 0.4) is 0 Å². The van der Waals surface area contributed by atoms with E-state index in [1.165, 1.54) is 0 Å². The van der Waals surface area contributed by atoms with Crippen LogP contribution in [0.25, 0.3) is 0 Å². The molecule has 0 aliphatic carbocycles. The molecule has 1 aromatic carbocycles. The first-order valence-corrected chi connectivity index (χ1v) is 8.96. The highest BCUT2D eigenvalue weighted by Gasteiger charge is 2.06. The lowest BCUT2D eigenvalue weighted by Gasteiger charge is -2.08. The molecular formula is C19H27N3O4. The summed E-state index contributed by atoms with van der Waals surface area (Å²) in [5, 5.41) is 6.67. The maximum absolute atomic E-state index is 12.0. The number of hydrogen-bond acceptors (Lipinski definition) is 6. The molecule has 0 atom stereocenters. The van der Waals surface area contributed by atoms with Crippen molar-refractivity contribution in [1.29, 1.82) is 0 Å². The Bertz CT molecular complexity index is 672. The summed E-state index contributed by atoms with van der Waals surface area (Å²) in [5.74, 6) is 1.21. The van der Waals surface area contributed by atoms with Gasteiger partial charge in [-0.05, 0) is 31.4 Å². The zero-order valence-corrected chi connectivity index (χ0v) is 15.5. The topological polar surface area (TPSA) is 86.5 Å². The van der Waals surface area contributed by atoms with E-state index in [0.717, 1.165) is 11.1 Å². The van der Waals surface area contributed by atoms with Gasteiger partial charge in [0.15, 0.2) is 5.82 Å². The molecule has 7 heteroatoms. The second kappa shape index (κ2) is 11.4. The lowest BCUT2D eigenvalue weighted by molar-refractivity contribution is -0.121. The molecule has 0 fully saturated rings. The van der Waals surface area contributed by atoms with Crippen LogP contribution in [-0.4, -0.2) is 35.9 Å². The Labute approximate surface area is 154 Å². The average molecular weight is 361 g/mol. The van der Waals surface area contributed by atoms with Crippen molar-refractivity contribution in [3.8, 4) is 0 Å². The van der Waals surface area contributed by atoms with Crippen LogP contribution < -0.4 is 5.32 Å². The predicted octanol–water partition coefficient (Wildman–Crippen LogP) is 2.57. The zero-order chi connectivity index (χ0) is 18.6. The number of ether oxygens (including phenoxy) is 2. The van der Waals surface area contributed by atoms with E-state index in [-0.39, 0.29) is 5.91 Å². The maximum Gasteiger partial charge on any atom is 0.226 e. The Balaban J connectivity index is 1.64. The number of benzene rings is 1. The number of amides is 1. The van der Waals surface area contributed by atoms with Crippen molar-refractivity contribution in [2.75, 3.05) is 19.8 Å². The second-order valence-electron chi connectivity index (χ2n) is 5.94. The van der Waals surface area contributed by atoms with E-state index in [4.69, 9.17) is 14.0 Å². The highest BCUT2D eigenvalue weighted by Crippen LogP contribution is 2.07. The van der Waals surface area contributed by atoms with E-state index in [2.05, 4.69) is 15.5 Å². The largest absolute Gasteiger partial charge is 0.379 e. The van der Waals surface area contributed by atoms with Gasteiger partial charge in [-0.25, -0.2) is 0 Å².